The Morgan fingerprint density at radius 3 is 2.18 bits per heavy atom. The van der Waals surface area contributed by atoms with E-state index < -0.39 is 23.8 Å². The molecule has 1 aromatic rings. The van der Waals surface area contributed by atoms with Gasteiger partial charge in [-0.05, 0) is 53.0 Å². The molecule has 8 heteroatoms. The number of carbonyl (C=O) groups excluding carboxylic acids is 3. The minimum absolute atomic E-state index is 0.0193. The van der Waals surface area contributed by atoms with Crippen LogP contribution < -0.4 is 10.6 Å². The molecule has 1 aromatic carbocycles. The van der Waals surface area contributed by atoms with E-state index in [0.29, 0.717) is 6.54 Å². The highest BCUT2D eigenvalue weighted by molar-refractivity contribution is 7.80. The monoisotopic (exact) mass is 493 g/mol. The Morgan fingerprint density at radius 1 is 1.06 bits per heavy atom. The number of amides is 3. The predicted molar refractivity (Wildman–Crippen MR) is 140 cm³/mol. The second-order valence-corrected chi connectivity index (χ2v) is 10.1. The highest BCUT2D eigenvalue weighted by Gasteiger charge is 2.35. The van der Waals surface area contributed by atoms with Gasteiger partial charge in [-0.1, -0.05) is 56.5 Å². The van der Waals surface area contributed by atoms with E-state index >= 15 is 0 Å². The number of benzene rings is 1. The first-order valence-corrected chi connectivity index (χ1v) is 12.8. The number of alkyl carbamates (subject to hydrolysis) is 1. The molecule has 0 saturated heterocycles. The highest BCUT2D eigenvalue weighted by Crippen LogP contribution is 2.24. The second kappa shape index (κ2) is 14.2. The summed E-state index contributed by atoms with van der Waals surface area (Å²) in [6.07, 6.45) is 2.66. The standard InChI is InChI=1S/C26H43N3O4S/c1-8-10-16-29(24(31)21(17-34)28-25(32)33-26(5,6)7)22(20-14-12-18(3)13-15-20)23(30)27-19(4)11-9-2/h12-15,19,21-22,34H,8-11,16-17H2,1-7H3,(H,27,30)(H,28,32). The molecule has 0 radical (unpaired) electrons. The van der Waals surface area contributed by atoms with Gasteiger partial charge >= 0.3 is 6.09 Å². The first-order valence-electron chi connectivity index (χ1n) is 12.2. The molecule has 3 unspecified atom stereocenters. The predicted octanol–water partition coefficient (Wildman–Crippen LogP) is 4.79. The summed E-state index contributed by atoms with van der Waals surface area (Å²) in [6, 6.07) is 5.87. The number of hydrogen-bond acceptors (Lipinski definition) is 5. The van der Waals surface area contributed by atoms with Crippen LogP contribution in [0.1, 0.15) is 84.4 Å². The van der Waals surface area contributed by atoms with E-state index in [2.05, 4.69) is 30.2 Å². The lowest BCUT2D eigenvalue weighted by molar-refractivity contribution is -0.142. The second-order valence-electron chi connectivity index (χ2n) is 9.78. The quantitative estimate of drug-likeness (QED) is 0.365. The Hall–Kier alpha value is -2.22. The number of hydrogen-bond donors (Lipinski definition) is 3. The van der Waals surface area contributed by atoms with Gasteiger partial charge in [0.25, 0.3) is 0 Å². The van der Waals surface area contributed by atoms with Gasteiger partial charge < -0.3 is 20.3 Å². The molecular formula is C26H43N3O4S. The Morgan fingerprint density at radius 2 is 1.68 bits per heavy atom. The largest absolute Gasteiger partial charge is 0.444 e. The average molecular weight is 494 g/mol. The number of carbonyl (C=O) groups is 3. The molecule has 7 nitrogen and oxygen atoms in total. The van der Waals surface area contributed by atoms with E-state index in [4.69, 9.17) is 4.74 Å². The van der Waals surface area contributed by atoms with Crippen molar-refractivity contribution >= 4 is 30.5 Å². The Bertz CT molecular complexity index is 792. The van der Waals surface area contributed by atoms with Crippen LogP contribution in [0.4, 0.5) is 4.79 Å². The maximum absolute atomic E-state index is 13.7. The van der Waals surface area contributed by atoms with Crippen LogP contribution in [0.5, 0.6) is 0 Å². The van der Waals surface area contributed by atoms with Crippen molar-refractivity contribution in [1.82, 2.24) is 15.5 Å². The average Bonchev–Trinajstić information content (AvgIpc) is 2.74. The molecule has 3 atom stereocenters. The number of aryl methyl sites for hydroxylation is 1. The van der Waals surface area contributed by atoms with E-state index in [-0.39, 0.29) is 23.6 Å². The Labute approximate surface area is 210 Å². The van der Waals surface area contributed by atoms with Gasteiger partial charge in [-0.2, -0.15) is 12.6 Å². The van der Waals surface area contributed by atoms with Crippen molar-refractivity contribution in [2.75, 3.05) is 12.3 Å². The molecule has 0 aliphatic heterocycles. The maximum Gasteiger partial charge on any atom is 0.408 e. The molecule has 0 spiro atoms. The molecule has 0 saturated carbocycles. The first kappa shape index (κ1) is 29.8. The van der Waals surface area contributed by atoms with Gasteiger partial charge in [0.15, 0.2) is 0 Å². The minimum Gasteiger partial charge on any atom is -0.444 e. The van der Waals surface area contributed by atoms with E-state index in [1.54, 1.807) is 25.7 Å². The van der Waals surface area contributed by atoms with Gasteiger partial charge in [-0.3, -0.25) is 9.59 Å². The van der Waals surface area contributed by atoms with Crippen molar-refractivity contribution in [3.05, 3.63) is 35.4 Å². The van der Waals surface area contributed by atoms with Crippen LogP contribution in [0.2, 0.25) is 0 Å². The molecule has 0 aliphatic rings. The van der Waals surface area contributed by atoms with Gasteiger partial charge in [-0.25, -0.2) is 4.79 Å². The van der Waals surface area contributed by atoms with Crippen molar-refractivity contribution < 1.29 is 19.1 Å². The molecule has 1 rings (SSSR count). The van der Waals surface area contributed by atoms with Gasteiger partial charge in [0.2, 0.25) is 11.8 Å². The van der Waals surface area contributed by atoms with E-state index in [9.17, 15) is 14.4 Å². The normalized spacial score (nSPS) is 14.0. The van der Waals surface area contributed by atoms with Crippen molar-refractivity contribution in [3.8, 4) is 0 Å². The molecule has 0 bridgehead atoms. The SMILES string of the molecule is CCCCN(C(=O)C(CS)NC(=O)OC(C)(C)C)C(C(=O)NC(C)CCC)c1ccc(C)cc1. The van der Waals surface area contributed by atoms with Crippen LogP contribution in [0, 0.1) is 6.92 Å². The summed E-state index contributed by atoms with van der Waals surface area (Å²) in [6.45, 7) is 13.7. The molecule has 3 amide bonds. The molecule has 0 fully saturated rings. The summed E-state index contributed by atoms with van der Waals surface area (Å²) < 4.78 is 5.33. The smallest absolute Gasteiger partial charge is 0.408 e. The van der Waals surface area contributed by atoms with Gasteiger partial charge in [-0.15, -0.1) is 0 Å². The van der Waals surface area contributed by atoms with E-state index in [1.807, 2.05) is 45.0 Å². The van der Waals surface area contributed by atoms with Crippen LogP contribution in [0.3, 0.4) is 0 Å². The zero-order chi connectivity index (χ0) is 25.9. The number of nitrogens with one attached hydrogen (secondary N) is 2. The topological polar surface area (TPSA) is 87.7 Å². The van der Waals surface area contributed by atoms with E-state index in [1.165, 1.54) is 0 Å². The molecular weight excluding hydrogens is 450 g/mol. The van der Waals surface area contributed by atoms with Gasteiger partial charge in [0, 0.05) is 18.3 Å². The van der Waals surface area contributed by atoms with Crippen LogP contribution >= 0.6 is 12.6 Å². The summed E-state index contributed by atoms with van der Waals surface area (Å²) >= 11 is 4.31. The zero-order valence-electron chi connectivity index (χ0n) is 21.8. The number of nitrogens with zero attached hydrogens (tertiary/aromatic N) is 1. The number of thiol groups is 1. The van der Waals surface area contributed by atoms with Crippen LogP contribution in [-0.4, -0.2) is 52.8 Å². The summed E-state index contributed by atoms with van der Waals surface area (Å²) in [5.74, 6) is -0.516. The van der Waals surface area contributed by atoms with Gasteiger partial charge in [0.05, 0.1) is 0 Å². The molecule has 0 aromatic heterocycles. The summed E-state index contributed by atoms with van der Waals surface area (Å²) in [5.41, 5.74) is 1.09. The number of unbranched alkanes of at least 4 members (excludes halogenated alkanes) is 1. The lowest BCUT2D eigenvalue weighted by Crippen LogP contribution is -2.54. The fraction of sp³-hybridized carbons (Fsp3) is 0.654. The van der Waals surface area contributed by atoms with Crippen LogP contribution in [-0.2, 0) is 14.3 Å². The Balaban J connectivity index is 3.34. The van der Waals surface area contributed by atoms with Crippen molar-refractivity contribution in [3.63, 3.8) is 0 Å². The number of rotatable bonds is 12. The van der Waals surface area contributed by atoms with Crippen LogP contribution in [0.25, 0.3) is 0 Å². The third-order valence-electron chi connectivity index (χ3n) is 5.27. The third-order valence-corrected chi connectivity index (χ3v) is 5.64. The molecule has 0 aliphatic carbocycles. The summed E-state index contributed by atoms with van der Waals surface area (Å²) in [5, 5.41) is 5.71. The Kier molecular flexibility index (Phi) is 12.5. The van der Waals surface area contributed by atoms with Crippen molar-refractivity contribution in [1.29, 1.82) is 0 Å². The fourth-order valence-corrected chi connectivity index (χ4v) is 3.83. The molecule has 192 valence electrons. The lowest BCUT2D eigenvalue weighted by atomic mass is 10.0. The van der Waals surface area contributed by atoms with Gasteiger partial charge in [0.1, 0.15) is 17.7 Å². The summed E-state index contributed by atoms with van der Waals surface area (Å²) in [7, 11) is 0. The summed E-state index contributed by atoms with van der Waals surface area (Å²) in [4.78, 5) is 41.2. The van der Waals surface area contributed by atoms with Crippen molar-refractivity contribution in [2.45, 2.75) is 97.9 Å². The maximum atomic E-state index is 13.7. The third kappa shape index (κ3) is 9.95. The highest BCUT2D eigenvalue weighted by atomic mass is 32.1. The lowest BCUT2D eigenvalue weighted by Gasteiger charge is -2.35. The van der Waals surface area contributed by atoms with Crippen LogP contribution in [0.15, 0.2) is 24.3 Å². The molecule has 2 N–H and O–H groups in total. The minimum atomic E-state index is -0.927. The molecule has 34 heavy (non-hydrogen) atoms. The number of ether oxygens (including phenoxy) is 1. The fourth-order valence-electron chi connectivity index (χ4n) is 3.58. The van der Waals surface area contributed by atoms with E-state index in [0.717, 1.165) is 36.8 Å². The zero-order valence-corrected chi connectivity index (χ0v) is 22.7. The first-order chi connectivity index (χ1) is 15.9. The molecule has 0 heterocycles. The van der Waals surface area contributed by atoms with Crippen molar-refractivity contribution in [2.24, 2.45) is 0 Å².